The average molecular weight is 319 g/mol. The van der Waals surface area contributed by atoms with Crippen LogP contribution in [0.3, 0.4) is 0 Å². The lowest BCUT2D eigenvalue weighted by Crippen LogP contribution is -2.35. The third-order valence-electron chi connectivity index (χ3n) is 3.79. The second-order valence-corrected chi connectivity index (χ2v) is 6.08. The van der Waals surface area contributed by atoms with Crippen molar-refractivity contribution in [2.24, 2.45) is 5.92 Å². The van der Waals surface area contributed by atoms with Gasteiger partial charge >= 0.3 is 0 Å². The zero-order valence-electron chi connectivity index (χ0n) is 12.5. The van der Waals surface area contributed by atoms with Crippen LogP contribution in [0, 0.1) is 5.92 Å². The fourth-order valence-corrected chi connectivity index (χ4v) is 2.80. The SMILES string of the molecule is CC1CCCN(c2ncnc(Nc3ccc(Cl)cn3)c2N)C1. The number of anilines is 4. The van der Waals surface area contributed by atoms with Crippen LogP contribution < -0.4 is 16.0 Å². The van der Waals surface area contributed by atoms with Crippen molar-refractivity contribution in [2.45, 2.75) is 19.8 Å². The molecule has 22 heavy (non-hydrogen) atoms. The topological polar surface area (TPSA) is 80.0 Å². The van der Waals surface area contributed by atoms with Crippen LogP contribution in [0.25, 0.3) is 0 Å². The molecule has 116 valence electrons. The monoisotopic (exact) mass is 318 g/mol. The number of halogens is 1. The summed E-state index contributed by atoms with van der Waals surface area (Å²) in [7, 11) is 0. The van der Waals surface area contributed by atoms with Gasteiger partial charge in [0.15, 0.2) is 11.6 Å². The number of hydrogen-bond donors (Lipinski definition) is 2. The maximum absolute atomic E-state index is 6.25. The molecule has 3 N–H and O–H groups in total. The first kappa shape index (κ1) is 14.8. The first-order chi connectivity index (χ1) is 10.6. The van der Waals surface area contributed by atoms with Gasteiger partial charge in [-0.2, -0.15) is 0 Å². The second kappa shape index (κ2) is 6.36. The molecule has 0 saturated carbocycles. The molecular weight excluding hydrogens is 300 g/mol. The lowest BCUT2D eigenvalue weighted by Gasteiger charge is -2.32. The van der Waals surface area contributed by atoms with E-state index < -0.39 is 0 Å². The number of aromatic nitrogens is 3. The molecule has 1 aliphatic heterocycles. The fraction of sp³-hybridized carbons (Fsp3) is 0.400. The van der Waals surface area contributed by atoms with Gasteiger partial charge < -0.3 is 16.0 Å². The van der Waals surface area contributed by atoms with Gasteiger partial charge in [-0.15, -0.1) is 0 Å². The predicted octanol–water partition coefficient (Wildman–Crippen LogP) is 3.09. The van der Waals surface area contributed by atoms with E-state index in [4.69, 9.17) is 17.3 Å². The van der Waals surface area contributed by atoms with E-state index >= 15 is 0 Å². The molecule has 1 unspecified atom stereocenters. The average Bonchev–Trinajstić information content (AvgIpc) is 2.51. The number of nitrogens with zero attached hydrogens (tertiary/aromatic N) is 4. The summed E-state index contributed by atoms with van der Waals surface area (Å²) in [5.41, 5.74) is 6.80. The third-order valence-corrected chi connectivity index (χ3v) is 4.02. The van der Waals surface area contributed by atoms with Crippen molar-refractivity contribution in [3.05, 3.63) is 29.7 Å². The van der Waals surface area contributed by atoms with Crippen molar-refractivity contribution < 1.29 is 0 Å². The predicted molar refractivity (Wildman–Crippen MR) is 89.6 cm³/mol. The van der Waals surface area contributed by atoms with Gasteiger partial charge in [-0.3, -0.25) is 0 Å². The summed E-state index contributed by atoms with van der Waals surface area (Å²) in [5.74, 6) is 2.65. The molecule has 1 aliphatic rings. The summed E-state index contributed by atoms with van der Waals surface area (Å²) in [6, 6.07) is 3.55. The molecule has 1 fully saturated rings. The quantitative estimate of drug-likeness (QED) is 0.905. The van der Waals surface area contributed by atoms with E-state index in [1.807, 2.05) is 0 Å². The summed E-state index contributed by atoms with van der Waals surface area (Å²) >= 11 is 5.84. The smallest absolute Gasteiger partial charge is 0.160 e. The van der Waals surface area contributed by atoms with Gasteiger partial charge in [-0.1, -0.05) is 18.5 Å². The lowest BCUT2D eigenvalue weighted by molar-refractivity contribution is 0.445. The van der Waals surface area contributed by atoms with Crippen molar-refractivity contribution in [3.8, 4) is 0 Å². The van der Waals surface area contributed by atoms with Gasteiger partial charge in [0, 0.05) is 19.3 Å². The maximum atomic E-state index is 6.25. The van der Waals surface area contributed by atoms with Crippen LogP contribution in [0.1, 0.15) is 19.8 Å². The van der Waals surface area contributed by atoms with E-state index in [0.29, 0.717) is 28.3 Å². The highest BCUT2D eigenvalue weighted by Gasteiger charge is 2.21. The largest absolute Gasteiger partial charge is 0.393 e. The zero-order chi connectivity index (χ0) is 15.5. The van der Waals surface area contributed by atoms with E-state index in [9.17, 15) is 0 Å². The highest BCUT2D eigenvalue weighted by molar-refractivity contribution is 6.30. The number of hydrogen-bond acceptors (Lipinski definition) is 6. The van der Waals surface area contributed by atoms with Crippen molar-refractivity contribution in [1.82, 2.24) is 15.0 Å². The summed E-state index contributed by atoms with van der Waals surface area (Å²) in [5, 5.41) is 3.70. The Morgan fingerprint density at radius 2 is 2.18 bits per heavy atom. The molecule has 1 atom stereocenters. The molecule has 6 nitrogen and oxygen atoms in total. The Morgan fingerprint density at radius 1 is 1.32 bits per heavy atom. The zero-order valence-corrected chi connectivity index (χ0v) is 13.2. The molecule has 0 amide bonds. The number of nitrogens with two attached hydrogens (primary N) is 1. The van der Waals surface area contributed by atoms with Crippen LogP contribution in [0.15, 0.2) is 24.7 Å². The summed E-state index contributed by atoms with van der Waals surface area (Å²) in [6.07, 6.45) is 5.52. The molecule has 1 saturated heterocycles. The first-order valence-electron chi connectivity index (χ1n) is 7.37. The summed E-state index contributed by atoms with van der Waals surface area (Å²) in [4.78, 5) is 15.0. The van der Waals surface area contributed by atoms with Crippen LogP contribution in [-0.2, 0) is 0 Å². The van der Waals surface area contributed by atoms with E-state index in [1.165, 1.54) is 12.7 Å². The van der Waals surface area contributed by atoms with Gasteiger partial charge in [0.05, 0.1) is 5.02 Å². The van der Waals surface area contributed by atoms with Crippen molar-refractivity contribution in [2.75, 3.05) is 29.0 Å². The summed E-state index contributed by atoms with van der Waals surface area (Å²) in [6.45, 7) is 4.20. The van der Waals surface area contributed by atoms with Crippen LogP contribution in [0.4, 0.5) is 23.1 Å². The molecule has 2 aromatic rings. The molecule has 0 aromatic carbocycles. The highest BCUT2D eigenvalue weighted by Crippen LogP contribution is 2.30. The van der Waals surface area contributed by atoms with Gasteiger partial charge in [0.25, 0.3) is 0 Å². The minimum atomic E-state index is 0.549. The van der Waals surface area contributed by atoms with Gasteiger partial charge in [0.1, 0.15) is 17.8 Å². The van der Waals surface area contributed by atoms with E-state index in [1.54, 1.807) is 18.3 Å². The molecule has 2 aromatic heterocycles. The first-order valence-corrected chi connectivity index (χ1v) is 7.75. The normalized spacial score (nSPS) is 18.3. The number of pyridine rings is 1. The van der Waals surface area contributed by atoms with E-state index in [0.717, 1.165) is 25.3 Å². The molecule has 0 aliphatic carbocycles. The van der Waals surface area contributed by atoms with Crippen molar-refractivity contribution >= 4 is 34.7 Å². The number of rotatable bonds is 3. The van der Waals surface area contributed by atoms with Gasteiger partial charge in [-0.05, 0) is 30.9 Å². The van der Waals surface area contributed by atoms with Gasteiger partial charge in [-0.25, -0.2) is 15.0 Å². The standard InChI is InChI=1S/C15H19ClN6/c1-10-3-2-6-22(8-10)15-13(17)14(19-9-20-15)21-12-5-4-11(16)7-18-12/h4-5,7,9-10H,2-3,6,8,17H2,1H3,(H,18,19,20,21). The van der Waals surface area contributed by atoms with Crippen molar-refractivity contribution in [3.63, 3.8) is 0 Å². The Bertz CT molecular complexity index is 645. The van der Waals surface area contributed by atoms with E-state index in [2.05, 4.69) is 32.1 Å². The molecule has 0 spiro atoms. The van der Waals surface area contributed by atoms with E-state index in [-0.39, 0.29) is 0 Å². The third kappa shape index (κ3) is 3.22. The van der Waals surface area contributed by atoms with Crippen LogP contribution >= 0.6 is 11.6 Å². The minimum Gasteiger partial charge on any atom is -0.393 e. The highest BCUT2D eigenvalue weighted by atomic mass is 35.5. The maximum Gasteiger partial charge on any atom is 0.160 e. The molecule has 0 bridgehead atoms. The van der Waals surface area contributed by atoms with Crippen LogP contribution in [-0.4, -0.2) is 28.0 Å². The van der Waals surface area contributed by atoms with Crippen LogP contribution in [0.2, 0.25) is 5.02 Å². The lowest BCUT2D eigenvalue weighted by atomic mass is 10.0. The second-order valence-electron chi connectivity index (χ2n) is 5.64. The molecule has 3 heterocycles. The molecular formula is C15H19ClN6. The van der Waals surface area contributed by atoms with Crippen LogP contribution in [0.5, 0.6) is 0 Å². The Labute approximate surface area is 134 Å². The van der Waals surface area contributed by atoms with Gasteiger partial charge in [0.2, 0.25) is 0 Å². The fourth-order valence-electron chi connectivity index (χ4n) is 2.69. The Morgan fingerprint density at radius 3 is 2.91 bits per heavy atom. The minimum absolute atomic E-state index is 0.549. The summed E-state index contributed by atoms with van der Waals surface area (Å²) < 4.78 is 0. The number of nitrogen functional groups attached to an aromatic ring is 1. The molecule has 3 rings (SSSR count). The number of nitrogens with one attached hydrogen (secondary N) is 1. The van der Waals surface area contributed by atoms with Crippen molar-refractivity contribution in [1.29, 1.82) is 0 Å². The Hall–Kier alpha value is -2.08. The molecule has 0 radical (unpaired) electrons. The molecule has 7 heteroatoms. The Balaban J connectivity index is 1.83. The Kier molecular flexibility index (Phi) is 4.29. The number of piperidine rings is 1.